The standard InChI is InChI=1S/C11H15ClN2O2/c1-13-10(11(15)14-2)8-6-7(12)4-5-9(8)16-3/h4-6,10,13H,1-3H3,(H,14,15). The first-order valence-corrected chi connectivity index (χ1v) is 5.24. The molecule has 0 heterocycles. The predicted octanol–water partition coefficient (Wildman–Crippen LogP) is 1.36. The molecule has 1 aromatic rings. The minimum Gasteiger partial charge on any atom is -0.496 e. The number of nitrogens with one attached hydrogen (secondary N) is 2. The lowest BCUT2D eigenvalue weighted by Gasteiger charge is -2.18. The van der Waals surface area contributed by atoms with E-state index >= 15 is 0 Å². The number of carbonyl (C=O) groups is 1. The van der Waals surface area contributed by atoms with Crippen LogP contribution in [0.3, 0.4) is 0 Å². The van der Waals surface area contributed by atoms with E-state index in [0.717, 1.165) is 5.56 Å². The molecule has 0 aliphatic carbocycles. The van der Waals surface area contributed by atoms with Gasteiger partial charge in [-0.25, -0.2) is 0 Å². The number of carbonyl (C=O) groups excluding carboxylic acids is 1. The SMILES string of the molecule is CNC(=O)C(NC)c1cc(Cl)ccc1OC. The minimum atomic E-state index is -0.473. The molecule has 0 fully saturated rings. The van der Waals surface area contributed by atoms with E-state index in [1.54, 1.807) is 39.4 Å². The number of halogens is 1. The highest BCUT2D eigenvalue weighted by Gasteiger charge is 2.21. The van der Waals surface area contributed by atoms with Gasteiger partial charge in [-0.15, -0.1) is 0 Å². The van der Waals surface area contributed by atoms with Crippen LogP contribution in [0.15, 0.2) is 18.2 Å². The molecule has 88 valence electrons. The second kappa shape index (κ2) is 5.72. The van der Waals surface area contributed by atoms with Crippen LogP contribution in [0.4, 0.5) is 0 Å². The van der Waals surface area contributed by atoms with Crippen molar-refractivity contribution in [3.63, 3.8) is 0 Å². The van der Waals surface area contributed by atoms with Gasteiger partial charge >= 0.3 is 0 Å². The third kappa shape index (κ3) is 2.65. The molecule has 1 atom stereocenters. The smallest absolute Gasteiger partial charge is 0.241 e. The Morgan fingerprint density at radius 3 is 2.62 bits per heavy atom. The van der Waals surface area contributed by atoms with Crippen LogP contribution in [-0.4, -0.2) is 27.1 Å². The summed E-state index contributed by atoms with van der Waals surface area (Å²) in [6, 6.07) is 4.71. The topological polar surface area (TPSA) is 50.4 Å². The predicted molar refractivity (Wildman–Crippen MR) is 63.9 cm³/mol. The van der Waals surface area contributed by atoms with Crippen LogP contribution < -0.4 is 15.4 Å². The summed E-state index contributed by atoms with van der Waals surface area (Å²) in [4.78, 5) is 11.7. The molecule has 5 heteroatoms. The number of methoxy groups -OCH3 is 1. The molecule has 0 saturated carbocycles. The maximum atomic E-state index is 11.7. The van der Waals surface area contributed by atoms with Crippen molar-refractivity contribution in [2.75, 3.05) is 21.2 Å². The average Bonchev–Trinajstić information content (AvgIpc) is 2.30. The van der Waals surface area contributed by atoms with Crippen molar-refractivity contribution in [1.29, 1.82) is 0 Å². The summed E-state index contributed by atoms with van der Waals surface area (Å²) >= 11 is 5.91. The fraction of sp³-hybridized carbons (Fsp3) is 0.364. The molecular weight excluding hydrogens is 228 g/mol. The van der Waals surface area contributed by atoms with Crippen molar-refractivity contribution in [3.8, 4) is 5.75 Å². The van der Waals surface area contributed by atoms with Gasteiger partial charge in [0.15, 0.2) is 0 Å². The minimum absolute atomic E-state index is 0.136. The highest BCUT2D eigenvalue weighted by Crippen LogP contribution is 2.28. The zero-order valence-corrected chi connectivity index (χ0v) is 10.3. The van der Waals surface area contributed by atoms with Crippen molar-refractivity contribution < 1.29 is 9.53 Å². The fourth-order valence-corrected chi connectivity index (χ4v) is 1.68. The number of benzene rings is 1. The van der Waals surface area contributed by atoms with Gasteiger partial charge in [-0.05, 0) is 25.2 Å². The molecule has 1 unspecified atom stereocenters. The summed E-state index contributed by atoms with van der Waals surface area (Å²) in [6.45, 7) is 0. The Bertz CT molecular complexity index is 382. The van der Waals surface area contributed by atoms with Crippen molar-refractivity contribution in [3.05, 3.63) is 28.8 Å². The molecule has 0 aliphatic rings. The summed E-state index contributed by atoms with van der Waals surface area (Å²) in [6.07, 6.45) is 0. The Morgan fingerprint density at radius 1 is 1.44 bits per heavy atom. The largest absolute Gasteiger partial charge is 0.496 e. The quantitative estimate of drug-likeness (QED) is 0.838. The van der Waals surface area contributed by atoms with Crippen LogP contribution in [0.1, 0.15) is 11.6 Å². The van der Waals surface area contributed by atoms with Gasteiger partial charge < -0.3 is 15.4 Å². The lowest BCUT2D eigenvalue weighted by atomic mass is 10.1. The number of hydrogen-bond acceptors (Lipinski definition) is 3. The van der Waals surface area contributed by atoms with Crippen molar-refractivity contribution in [1.82, 2.24) is 10.6 Å². The van der Waals surface area contributed by atoms with E-state index in [2.05, 4.69) is 10.6 Å². The number of amides is 1. The molecule has 16 heavy (non-hydrogen) atoms. The van der Waals surface area contributed by atoms with Crippen LogP contribution in [0.5, 0.6) is 5.75 Å². The van der Waals surface area contributed by atoms with E-state index in [1.807, 2.05) is 0 Å². The summed E-state index contributed by atoms with van der Waals surface area (Å²) < 4.78 is 5.20. The number of likely N-dealkylation sites (N-methyl/N-ethyl adjacent to an activating group) is 2. The van der Waals surface area contributed by atoms with Gasteiger partial charge in [-0.3, -0.25) is 4.79 Å². The maximum absolute atomic E-state index is 11.7. The molecule has 4 nitrogen and oxygen atoms in total. The third-order valence-corrected chi connectivity index (χ3v) is 2.54. The lowest BCUT2D eigenvalue weighted by molar-refractivity contribution is -0.122. The highest BCUT2D eigenvalue weighted by atomic mass is 35.5. The van der Waals surface area contributed by atoms with Crippen molar-refractivity contribution >= 4 is 17.5 Å². The van der Waals surface area contributed by atoms with E-state index in [1.165, 1.54) is 0 Å². The van der Waals surface area contributed by atoms with Crippen molar-refractivity contribution in [2.45, 2.75) is 6.04 Å². The van der Waals surface area contributed by atoms with E-state index in [9.17, 15) is 4.79 Å². The fourth-order valence-electron chi connectivity index (χ4n) is 1.50. The van der Waals surface area contributed by atoms with Gasteiger partial charge in [0.1, 0.15) is 11.8 Å². The third-order valence-electron chi connectivity index (χ3n) is 2.30. The molecule has 0 spiro atoms. The van der Waals surface area contributed by atoms with Gasteiger partial charge in [0.25, 0.3) is 0 Å². The maximum Gasteiger partial charge on any atom is 0.241 e. The van der Waals surface area contributed by atoms with Gasteiger partial charge in [0, 0.05) is 17.6 Å². The molecule has 0 aliphatic heterocycles. The number of ether oxygens (including phenoxy) is 1. The summed E-state index contributed by atoms with van der Waals surface area (Å²) in [5.41, 5.74) is 0.719. The first-order valence-electron chi connectivity index (χ1n) is 4.86. The molecule has 0 aromatic heterocycles. The van der Waals surface area contributed by atoms with Crippen LogP contribution >= 0.6 is 11.6 Å². The molecule has 2 N–H and O–H groups in total. The second-order valence-corrected chi connectivity index (χ2v) is 3.66. The Balaban J connectivity index is 3.17. The first kappa shape index (κ1) is 12.8. The van der Waals surface area contributed by atoms with Crippen LogP contribution in [-0.2, 0) is 4.79 Å². The normalized spacial score (nSPS) is 12.0. The van der Waals surface area contributed by atoms with Crippen LogP contribution in [0.2, 0.25) is 5.02 Å². The zero-order chi connectivity index (χ0) is 12.1. The van der Waals surface area contributed by atoms with E-state index in [0.29, 0.717) is 10.8 Å². The van der Waals surface area contributed by atoms with Gasteiger partial charge in [0.2, 0.25) is 5.91 Å². The highest BCUT2D eigenvalue weighted by molar-refractivity contribution is 6.30. The summed E-state index contributed by atoms with van der Waals surface area (Å²) in [5, 5.41) is 6.07. The molecular formula is C11H15ClN2O2. The van der Waals surface area contributed by atoms with Gasteiger partial charge in [0.05, 0.1) is 7.11 Å². The molecule has 0 bridgehead atoms. The Labute approximate surface area is 99.9 Å². The summed E-state index contributed by atoms with van der Waals surface area (Å²) in [7, 11) is 4.85. The van der Waals surface area contributed by atoms with E-state index in [4.69, 9.17) is 16.3 Å². The average molecular weight is 243 g/mol. The molecule has 1 rings (SSSR count). The second-order valence-electron chi connectivity index (χ2n) is 3.22. The van der Waals surface area contributed by atoms with Crippen LogP contribution in [0.25, 0.3) is 0 Å². The number of hydrogen-bond donors (Lipinski definition) is 2. The molecule has 1 amide bonds. The zero-order valence-electron chi connectivity index (χ0n) is 9.50. The molecule has 1 aromatic carbocycles. The monoisotopic (exact) mass is 242 g/mol. The van der Waals surface area contributed by atoms with Crippen LogP contribution in [0, 0.1) is 0 Å². The Hall–Kier alpha value is -1.26. The lowest BCUT2D eigenvalue weighted by Crippen LogP contribution is -2.34. The van der Waals surface area contributed by atoms with E-state index < -0.39 is 6.04 Å². The summed E-state index contributed by atoms with van der Waals surface area (Å²) in [5.74, 6) is 0.496. The first-order chi connectivity index (χ1) is 7.63. The van der Waals surface area contributed by atoms with Gasteiger partial charge in [-0.2, -0.15) is 0 Å². The van der Waals surface area contributed by atoms with Gasteiger partial charge in [-0.1, -0.05) is 11.6 Å². The molecule has 0 radical (unpaired) electrons. The van der Waals surface area contributed by atoms with Crippen molar-refractivity contribution in [2.24, 2.45) is 0 Å². The number of rotatable bonds is 4. The Kier molecular flexibility index (Phi) is 4.58. The van der Waals surface area contributed by atoms with E-state index in [-0.39, 0.29) is 5.91 Å². The molecule has 0 saturated heterocycles. The Morgan fingerprint density at radius 2 is 2.12 bits per heavy atom.